The van der Waals surface area contributed by atoms with Crippen LogP contribution < -0.4 is 10.0 Å². The van der Waals surface area contributed by atoms with Gasteiger partial charge in [-0.15, -0.1) is 0 Å². The summed E-state index contributed by atoms with van der Waals surface area (Å²) in [6.45, 7) is 3.61. The second kappa shape index (κ2) is 6.64. The van der Waals surface area contributed by atoms with Crippen molar-refractivity contribution in [1.29, 1.82) is 0 Å². The molecule has 0 aliphatic carbocycles. The molecule has 0 amide bonds. The Morgan fingerprint density at radius 2 is 2.25 bits per heavy atom. The van der Waals surface area contributed by atoms with E-state index in [9.17, 15) is 8.42 Å². The lowest BCUT2D eigenvalue weighted by molar-refractivity contribution is 0.404. The fraction of sp³-hybridized carbons (Fsp3) is 0.538. The van der Waals surface area contributed by atoms with Gasteiger partial charge in [-0.05, 0) is 72.4 Å². The van der Waals surface area contributed by atoms with Crippen LogP contribution in [0.2, 0.25) is 5.02 Å². The average molecular weight is 382 g/mol. The lowest BCUT2D eigenvalue weighted by Gasteiger charge is -2.23. The first-order valence-electron chi connectivity index (χ1n) is 6.54. The standard InChI is InChI=1S/C13H18BrClN2O2S/c1-9-5-11(14)13(6-12(9)15)17-20(18,19)8-10-3-2-4-16-7-10/h5-6,10,16-17H,2-4,7-8H2,1H3. The molecule has 1 saturated heterocycles. The van der Waals surface area contributed by atoms with Crippen LogP contribution >= 0.6 is 27.5 Å². The molecule has 1 aromatic carbocycles. The number of halogens is 2. The summed E-state index contributed by atoms with van der Waals surface area (Å²) in [5, 5.41) is 3.77. The molecule has 0 aromatic heterocycles. The molecule has 2 N–H and O–H groups in total. The maximum atomic E-state index is 12.2. The van der Waals surface area contributed by atoms with Gasteiger partial charge in [-0.25, -0.2) is 8.42 Å². The van der Waals surface area contributed by atoms with Crippen LogP contribution in [0.4, 0.5) is 5.69 Å². The third kappa shape index (κ3) is 4.35. The van der Waals surface area contributed by atoms with Crippen molar-refractivity contribution >= 4 is 43.2 Å². The molecule has 1 unspecified atom stereocenters. The molecule has 20 heavy (non-hydrogen) atoms. The summed E-state index contributed by atoms with van der Waals surface area (Å²) in [5.41, 5.74) is 1.39. The summed E-state index contributed by atoms with van der Waals surface area (Å²) in [4.78, 5) is 0. The quantitative estimate of drug-likeness (QED) is 0.842. The molecule has 1 aliphatic rings. The number of piperidine rings is 1. The highest BCUT2D eigenvalue weighted by Crippen LogP contribution is 2.30. The van der Waals surface area contributed by atoms with E-state index in [1.807, 2.05) is 13.0 Å². The van der Waals surface area contributed by atoms with Gasteiger partial charge in [0.1, 0.15) is 0 Å². The van der Waals surface area contributed by atoms with Gasteiger partial charge in [0.15, 0.2) is 0 Å². The highest BCUT2D eigenvalue weighted by atomic mass is 79.9. The first-order valence-corrected chi connectivity index (χ1v) is 9.36. The molecule has 0 saturated carbocycles. The fourth-order valence-corrected chi connectivity index (χ4v) is 4.65. The molecular weight excluding hydrogens is 364 g/mol. The number of sulfonamides is 1. The SMILES string of the molecule is Cc1cc(Br)c(NS(=O)(=O)CC2CCCNC2)cc1Cl. The van der Waals surface area contributed by atoms with E-state index < -0.39 is 10.0 Å². The second-order valence-electron chi connectivity index (χ2n) is 5.18. The Hall–Kier alpha value is -0.300. The van der Waals surface area contributed by atoms with E-state index in [2.05, 4.69) is 26.0 Å². The van der Waals surface area contributed by atoms with Gasteiger partial charge in [-0.1, -0.05) is 11.6 Å². The van der Waals surface area contributed by atoms with Crippen LogP contribution in [-0.4, -0.2) is 27.3 Å². The van der Waals surface area contributed by atoms with E-state index in [4.69, 9.17) is 11.6 Å². The lowest BCUT2D eigenvalue weighted by atomic mass is 10.0. The van der Waals surface area contributed by atoms with Crippen molar-refractivity contribution in [3.63, 3.8) is 0 Å². The Morgan fingerprint density at radius 3 is 2.90 bits per heavy atom. The number of hydrogen-bond acceptors (Lipinski definition) is 3. The Balaban J connectivity index is 2.09. The van der Waals surface area contributed by atoms with Crippen molar-refractivity contribution in [2.45, 2.75) is 19.8 Å². The summed E-state index contributed by atoms with van der Waals surface area (Å²) in [5.74, 6) is 0.304. The minimum atomic E-state index is -3.37. The number of anilines is 1. The van der Waals surface area contributed by atoms with Crippen LogP contribution in [0.25, 0.3) is 0 Å². The van der Waals surface area contributed by atoms with Gasteiger partial charge in [-0.3, -0.25) is 4.72 Å². The monoisotopic (exact) mass is 380 g/mol. The molecule has 2 rings (SSSR count). The molecule has 112 valence electrons. The van der Waals surface area contributed by atoms with Crippen molar-refractivity contribution < 1.29 is 8.42 Å². The zero-order chi connectivity index (χ0) is 14.8. The summed E-state index contributed by atoms with van der Waals surface area (Å²) >= 11 is 9.40. The van der Waals surface area contributed by atoms with Gasteiger partial charge in [0, 0.05) is 9.50 Å². The molecule has 1 aliphatic heterocycles. The minimum Gasteiger partial charge on any atom is -0.316 e. The van der Waals surface area contributed by atoms with E-state index in [-0.39, 0.29) is 11.7 Å². The number of benzene rings is 1. The molecule has 1 fully saturated rings. The van der Waals surface area contributed by atoms with Crippen LogP contribution in [-0.2, 0) is 10.0 Å². The molecule has 0 bridgehead atoms. The summed E-state index contributed by atoms with van der Waals surface area (Å²) in [6, 6.07) is 3.44. The number of hydrogen-bond donors (Lipinski definition) is 2. The molecule has 0 spiro atoms. The average Bonchev–Trinajstić information content (AvgIpc) is 2.36. The molecule has 7 heteroatoms. The Bertz CT molecular complexity index is 586. The molecular formula is C13H18BrClN2O2S. The number of rotatable bonds is 4. The van der Waals surface area contributed by atoms with Crippen LogP contribution in [0.15, 0.2) is 16.6 Å². The fourth-order valence-electron chi connectivity index (χ4n) is 2.31. The maximum absolute atomic E-state index is 12.2. The molecule has 1 aromatic rings. The highest BCUT2D eigenvalue weighted by molar-refractivity contribution is 9.10. The maximum Gasteiger partial charge on any atom is 0.233 e. The predicted octanol–water partition coefficient (Wildman–Crippen LogP) is 3.15. The van der Waals surface area contributed by atoms with Gasteiger partial charge in [0.05, 0.1) is 11.4 Å². The van der Waals surface area contributed by atoms with Gasteiger partial charge in [0.2, 0.25) is 10.0 Å². The lowest BCUT2D eigenvalue weighted by Crippen LogP contribution is -2.35. The van der Waals surface area contributed by atoms with E-state index in [0.29, 0.717) is 15.2 Å². The molecule has 1 atom stereocenters. The van der Waals surface area contributed by atoms with Crippen LogP contribution in [0, 0.1) is 12.8 Å². The van der Waals surface area contributed by atoms with Gasteiger partial charge < -0.3 is 5.32 Å². The van der Waals surface area contributed by atoms with E-state index in [1.54, 1.807) is 6.07 Å². The normalized spacial score (nSPS) is 19.9. The summed E-state index contributed by atoms with van der Waals surface area (Å²) in [6.07, 6.45) is 1.98. The minimum absolute atomic E-state index is 0.137. The highest BCUT2D eigenvalue weighted by Gasteiger charge is 2.22. The number of nitrogens with one attached hydrogen (secondary N) is 2. The van der Waals surface area contributed by atoms with Crippen molar-refractivity contribution in [2.24, 2.45) is 5.92 Å². The van der Waals surface area contributed by atoms with Gasteiger partial charge in [0.25, 0.3) is 0 Å². The molecule has 1 heterocycles. The smallest absolute Gasteiger partial charge is 0.233 e. The van der Waals surface area contributed by atoms with Crippen molar-refractivity contribution in [3.8, 4) is 0 Å². The van der Waals surface area contributed by atoms with E-state index in [1.165, 1.54) is 0 Å². The van der Waals surface area contributed by atoms with E-state index in [0.717, 1.165) is 31.5 Å². The Labute approximate surface area is 133 Å². The first-order chi connectivity index (χ1) is 9.37. The summed E-state index contributed by atoms with van der Waals surface area (Å²) < 4.78 is 27.7. The third-order valence-electron chi connectivity index (χ3n) is 3.37. The largest absolute Gasteiger partial charge is 0.316 e. The molecule has 0 radical (unpaired) electrons. The Morgan fingerprint density at radius 1 is 1.50 bits per heavy atom. The van der Waals surface area contributed by atoms with E-state index >= 15 is 0 Å². The third-order valence-corrected chi connectivity index (χ3v) is 5.87. The Kier molecular flexibility index (Phi) is 5.34. The van der Waals surface area contributed by atoms with Crippen LogP contribution in [0.1, 0.15) is 18.4 Å². The van der Waals surface area contributed by atoms with Crippen molar-refractivity contribution in [3.05, 3.63) is 27.2 Å². The number of aryl methyl sites for hydroxylation is 1. The van der Waals surface area contributed by atoms with Crippen LogP contribution in [0.3, 0.4) is 0 Å². The zero-order valence-electron chi connectivity index (χ0n) is 11.2. The van der Waals surface area contributed by atoms with Crippen molar-refractivity contribution in [2.75, 3.05) is 23.6 Å². The summed E-state index contributed by atoms with van der Waals surface area (Å²) in [7, 11) is -3.37. The van der Waals surface area contributed by atoms with Gasteiger partial charge >= 0.3 is 0 Å². The zero-order valence-corrected chi connectivity index (χ0v) is 14.4. The van der Waals surface area contributed by atoms with Crippen LogP contribution in [0.5, 0.6) is 0 Å². The second-order valence-corrected chi connectivity index (χ2v) is 8.21. The topological polar surface area (TPSA) is 58.2 Å². The molecule has 4 nitrogen and oxygen atoms in total. The van der Waals surface area contributed by atoms with Crippen molar-refractivity contribution in [1.82, 2.24) is 5.32 Å². The predicted molar refractivity (Wildman–Crippen MR) is 86.9 cm³/mol. The van der Waals surface area contributed by atoms with Gasteiger partial charge in [-0.2, -0.15) is 0 Å². The first kappa shape index (κ1) is 16.1.